The van der Waals surface area contributed by atoms with Crippen LogP contribution in [0.1, 0.15) is 22.4 Å². The van der Waals surface area contributed by atoms with Crippen molar-refractivity contribution in [3.8, 4) is 11.4 Å². The molecule has 156 valence electrons. The number of hydrogen-bond acceptors (Lipinski definition) is 3. The first-order valence-electron chi connectivity index (χ1n) is 9.09. The lowest BCUT2D eigenvalue weighted by atomic mass is 10.0. The van der Waals surface area contributed by atoms with Crippen LogP contribution in [-0.4, -0.2) is 21.4 Å². The Hall–Kier alpha value is -2.94. The van der Waals surface area contributed by atoms with Gasteiger partial charge in [0.25, 0.3) is 0 Å². The topological polar surface area (TPSA) is 29.0 Å². The zero-order valence-electron chi connectivity index (χ0n) is 15.5. The van der Waals surface area contributed by atoms with E-state index in [2.05, 4.69) is 9.97 Å². The smallest absolute Gasteiger partial charge is 0.294 e. The predicted octanol–water partition coefficient (Wildman–Crippen LogP) is 5.14. The van der Waals surface area contributed by atoms with E-state index in [1.807, 2.05) is 0 Å². The van der Waals surface area contributed by atoms with E-state index in [1.165, 1.54) is 12.1 Å². The van der Waals surface area contributed by atoms with E-state index >= 15 is 0 Å². The van der Waals surface area contributed by atoms with Crippen LogP contribution in [0.5, 0.6) is 0 Å². The van der Waals surface area contributed by atoms with Crippen molar-refractivity contribution in [3.05, 3.63) is 82.4 Å². The van der Waals surface area contributed by atoms with Gasteiger partial charge in [0.05, 0.1) is 11.3 Å². The van der Waals surface area contributed by atoms with Crippen molar-refractivity contribution >= 4 is 0 Å². The highest BCUT2D eigenvalue weighted by Gasteiger charge is 2.30. The first-order chi connectivity index (χ1) is 14.2. The van der Waals surface area contributed by atoms with E-state index in [4.69, 9.17) is 0 Å². The number of alkyl halides is 3. The molecular formula is C21H15F6N3. The van der Waals surface area contributed by atoms with Gasteiger partial charge in [0, 0.05) is 48.9 Å². The maximum atomic E-state index is 13.9. The highest BCUT2D eigenvalue weighted by Crippen LogP contribution is 2.31. The van der Waals surface area contributed by atoms with Crippen molar-refractivity contribution in [2.45, 2.75) is 25.7 Å². The average molecular weight is 423 g/mol. The summed E-state index contributed by atoms with van der Waals surface area (Å²) in [7, 11) is 0. The SMILES string of the molecule is Fc1ccc(F)c(CN2CCc3nc(-c4ccc(C(F)(F)F)cc4)ncc3C2)c1F. The highest BCUT2D eigenvalue weighted by molar-refractivity contribution is 5.56. The molecule has 0 saturated heterocycles. The van der Waals surface area contributed by atoms with E-state index in [0.717, 1.165) is 35.5 Å². The van der Waals surface area contributed by atoms with Gasteiger partial charge in [-0.25, -0.2) is 23.1 Å². The summed E-state index contributed by atoms with van der Waals surface area (Å²) in [6.07, 6.45) is -2.40. The Kier molecular flexibility index (Phi) is 5.23. The van der Waals surface area contributed by atoms with Crippen molar-refractivity contribution < 1.29 is 26.3 Å². The zero-order valence-corrected chi connectivity index (χ0v) is 15.5. The number of halogens is 6. The van der Waals surface area contributed by atoms with E-state index in [0.29, 0.717) is 30.9 Å². The first kappa shape index (κ1) is 20.3. The van der Waals surface area contributed by atoms with Crippen molar-refractivity contribution in [2.24, 2.45) is 0 Å². The molecule has 0 fully saturated rings. The second-order valence-corrected chi connectivity index (χ2v) is 7.02. The lowest BCUT2D eigenvalue weighted by molar-refractivity contribution is -0.137. The van der Waals surface area contributed by atoms with Crippen LogP contribution < -0.4 is 0 Å². The molecule has 0 saturated carbocycles. The normalized spacial score (nSPS) is 14.6. The maximum Gasteiger partial charge on any atom is 0.416 e. The summed E-state index contributed by atoms with van der Waals surface area (Å²) in [5.41, 5.74) is 0.833. The van der Waals surface area contributed by atoms with Crippen molar-refractivity contribution in [1.29, 1.82) is 0 Å². The van der Waals surface area contributed by atoms with Gasteiger partial charge >= 0.3 is 6.18 Å². The van der Waals surface area contributed by atoms with Gasteiger partial charge in [-0.15, -0.1) is 0 Å². The van der Waals surface area contributed by atoms with Gasteiger partial charge in [-0.05, 0) is 24.3 Å². The molecule has 0 radical (unpaired) electrons. The van der Waals surface area contributed by atoms with Gasteiger partial charge in [0.2, 0.25) is 0 Å². The number of nitrogens with zero attached hydrogens (tertiary/aromatic N) is 3. The zero-order chi connectivity index (χ0) is 21.5. The lowest BCUT2D eigenvalue weighted by Crippen LogP contribution is -2.31. The van der Waals surface area contributed by atoms with E-state index in [-0.39, 0.29) is 12.1 Å². The van der Waals surface area contributed by atoms with Crippen molar-refractivity contribution in [3.63, 3.8) is 0 Å². The molecule has 4 rings (SSSR count). The minimum absolute atomic E-state index is 0.102. The number of hydrogen-bond donors (Lipinski definition) is 0. The van der Waals surface area contributed by atoms with Gasteiger partial charge < -0.3 is 0 Å². The molecular weight excluding hydrogens is 408 g/mol. The quantitative estimate of drug-likeness (QED) is 0.432. The standard InChI is InChI=1S/C21H15F6N3/c22-16-5-6-17(23)19(24)15(16)11-30-8-7-18-13(10-30)9-28-20(29-18)12-1-3-14(4-2-12)21(25,26)27/h1-6,9H,7-8,10-11H2. The first-order valence-corrected chi connectivity index (χ1v) is 9.09. The molecule has 3 nitrogen and oxygen atoms in total. The molecule has 0 aliphatic carbocycles. The van der Waals surface area contributed by atoms with Crippen molar-refractivity contribution in [1.82, 2.24) is 14.9 Å². The maximum absolute atomic E-state index is 13.9. The fraction of sp³-hybridized carbons (Fsp3) is 0.238. The summed E-state index contributed by atoms with van der Waals surface area (Å²) >= 11 is 0. The van der Waals surface area contributed by atoms with Crippen LogP contribution in [0.15, 0.2) is 42.6 Å². The molecule has 0 unspecified atom stereocenters. The minimum atomic E-state index is -4.42. The summed E-state index contributed by atoms with van der Waals surface area (Å²) in [5, 5.41) is 0. The monoisotopic (exact) mass is 423 g/mol. The molecule has 2 aromatic carbocycles. The van der Waals surface area contributed by atoms with Gasteiger partial charge in [-0.1, -0.05) is 12.1 Å². The fourth-order valence-electron chi connectivity index (χ4n) is 3.39. The molecule has 0 amide bonds. The summed E-state index contributed by atoms with van der Waals surface area (Å²) < 4.78 is 79.3. The fourth-order valence-corrected chi connectivity index (χ4v) is 3.39. The van der Waals surface area contributed by atoms with Crippen LogP contribution in [0.2, 0.25) is 0 Å². The second kappa shape index (κ2) is 7.71. The summed E-state index contributed by atoms with van der Waals surface area (Å²) in [6, 6.07) is 6.22. The molecule has 0 atom stereocenters. The van der Waals surface area contributed by atoms with E-state index < -0.39 is 29.2 Å². The Labute approximate surface area is 168 Å². The van der Waals surface area contributed by atoms with Gasteiger partial charge in [-0.3, -0.25) is 4.90 Å². The average Bonchev–Trinajstić information content (AvgIpc) is 2.73. The minimum Gasteiger partial charge on any atom is -0.294 e. The molecule has 1 aromatic heterocycles. The summed E-state index contributed by atoms with van der Waals surface area (Å²) in [5.74, 6) is -2.81. The van der Waals surface area contributed by atoms with E-state index in [9.17, 15) is 26.3 Å². The van der Waals surface area contributed by atoms with Crippen LogP contribution in [0.3, 0.4) is 0 Å². The molecule has 0 spiro atoms. The number of rotatable bonds is 3. The van der Waals surface area contributed by atoms with Gasteiger partial charge in [0.15, 0.2) is 17.5 Å². The molecule has 0 N–H and O–H groups in total. The summed E-state index contributed by atoms with van der Waals surface area (Å²) in [4.78, 5) is 10.4. The third-order valence-electron chi connectivity index (χ3n) is 5.00. The molecule has 9 heteroatoms. The van der Waals surface area contributed by atoms with Crippen molar-refractivity contribution in [2.75, 3.05) is 6.54 Å². The van der Waals surface area contributed by atoms with Crippen LogP contribution in [0.25, 0.3) is 11.4 Å². The van der Waals surface area contributed by atoms with Crippen LogP contribution >= 0.6 is 0 Å². The Morgan fingerprint density at radius 3 is 2.33 bits per heavy atom. The number of aromatic nitrogens is 2. The molecule has 1 aliphatic heterocycles. The number of fused-ring (bicyclic) bond motifs is 1. The van der Waals surface area contributed by atoms with Crippen LogP contribution in [-0.2, 0) is 25.7 Å². The third-order valence-corrected chi connectivity index (χ3v) is 5.00. The Morgan fingerprint density at radius 2 is 1.63 bits per heavy atom. The Bertz CT molecular complexity index is 1080. The predicted molar refractivity (Wildman–Crippen MR) is 96.6 cm³/mol. The largest absolute Gasteiger partial charge is 0.416 e. The third kappa shape index (κ3) is 4.02. The highest BCUT2D eigenvalue weighted by atomic mass is 19.4. The number of benzene rings is 2. The molecule has 30 heavy (non-hydrogen) atoms. The van der Waals surface area contributed by atoms with Gasteiger partial charge in [-0.2, -0.15) is 13.2 Å². The molecule has 1 aliphatic rings. The lowest BCUT2D eigenvalue weighted by Gasteiger charge is -2.28. The molecule has 2 heterocycles. The second-order valence-electron chi connectivity index (χ2n) is 7.02. The summed E-state index contributed by atoms with van der Waals surface area (Å²) in [6.45, 7) is 0.652. The Morgan fingerprint density at radius 1 is 0.933 bits per heavy atom. The van der Waals surface area contributed by atoms with Crippen LogP contribution in [0, 0.1) is 17.5 Å². The molecule has 0 bridgehead atoms. The molecule has 3 aromatic rings. The van der Waals surface area contributed by atoms with Gasteiger partial charge in [0.1, 0.15) is 5.82 Å². The van der Waals surface area contributed by atoms with E-state index in [1.54, 1.807) is 11.1 Å². The van der Waals surface area contributed by atoms with Crippen LogP contribution in [0.4, 0.5) is 26.3 Å². The Balaban J connectivity index is 1.52.